The Bertz CT molecular complexity index is 606. The Morgan fingerprint density at radius 3 is 1.54 bits per heavy atom. The molecule has 0 aromatic rings. The van der Waals surface area contributed by atoms with E-state index < -0.39 is 12.1 Å². The molecule has 0 radical (unpaired) electrons. The molecule has 0 saturated heterocycles. The molecule has 242 valence electrons. The summed E-state index contributed by atoms with van der Waals surface area (Å²) in [5, 5.41) is 30.1. The molecule has 5 nitrogen and oxygen atoms in total. The topological polar surface area (TPSA) is 81.0 Å². The van der Waals surface area contributed by atoms with Gasteiger partial charge in [0.1, 0.15) is 0 Å². The Kier molecular flexibility index (Phi) is 30.9. The monoisotopic (exact) mass is 580 g/mol. The van der Waals surface area contributed by atoms with Crippen LogP contribution in [0.2, 0.25) is 0 Å². The molecule has 2 atom stereocenters. The second kappa shape index (κ2) is 31.8. The maximum Gasteiger partial charge on any atom is 0.223 e. The van der Waals surface area contributed by atoms with Gasteiger partial charge in [0, 0.05) is 13.0 Å². The van der Waals surface area contributed by atoms with Crippen LogP contribution in [-0.2, 0) is 4.79 Å². The number of nitrogens with zero attached hydrogens (tertiary/aromatic N) is 1. The quantitative estimate of drug-likeness (QED) is 0.0565. The number of unbranched alkanes of at least 4 members (excludes halogenated alkanes) is 20. The number of carbonyl (C=O) groups is 1. The van der Waals surface area contributed by atoms with Crippen LogP contribution in [0.1, 0.15) is 168 Å². The van der Waals surface area contributed by atoms with Gasteiger partial charge in [0.2, 0.25) is 5.91 Å². The first kappa shape index (κ1) is 39.8. The lowest BCUT2D eigenvalue weighted by Gasteiger charge is -2.32. The number of amides is 1. The van der Waals surface area contributed by atoms with Gasteiger partial charge in [-0.05, 0) is 32.1 Å². The first-order valence-corrected chi connectivity index (χ1v) is 17.6. The third-order valence-electron chi connectivity index (χ3n) is 8.11. The van der Waals surface area contributed by atoms with Crippen LogP contribution in [0.25, 0.3) is 0 Å². The lowest BCUT2D eigenvalue weighted by molar-refractivity contribution is -0.137. The van der Waals surface area contributed by atoms with E-state index in [0.717, 1.165) is 38.5 Å². The zero-order chi connectivity index (χ0) is 30.2. The second-order valence-electron chi connectivity index (χ2n) is 11.9. The SMILES string of the molecule is CCCCCCCCC/C=C/CC/C=C/[C@@H](O)C(CO)N(CCO)C(=O)CCCCCCCCCCCCCCC. The molecule has 0 heterocycles. The van der Waals surface area contributed by atoms with Crippen molar-refractivity contribution in [3.05, 3.63) is 24.3 Å². The van der Waals surface area contributed by atoms with Crippen molar-refractivity contribution in [3.8, 4) is 0 Å². The molecule has 41 heavy (non-hydrogen) atoms. The van der Waals surface area contributed by atoms with Crippen LogP contribution >= 0.6 is 0 Å². The maximum absolute atomic E-state index is 12.9. The van der Waals surface area contributed by atoms with Gasteiger partial charge in [-0.1, -0.05) is 154 Å². The Morgan fingerprint density at radius 2 is 1.05 bits per heavy atom. The van der Waals surface area contributed by atoms with Crippen LogP contribution < -0.4 is 0 Å². The van der Waals surface area contributed by atoms with Crippen molar-refractivity contribution in [2.24, 2.45) is 0 Å². The number of allylic oxidation sites excluding steroid dienone is 3. The Morgan fingerprint density at radius 1 is 0.610 bits per heavy atom. The fraction of sp³-hybridized carbons (Fsp3) is 0.861. The highest BCUT2D eigenvalue weighted by atomic mass is 16.3. The van der Waals surface area contributed by atoms with Crippen molar-refractivity contribution in [1.29, 1.82) is 0 Å². The molecule has 0 aromatic carbocycles. The molecule has 0 aromatic heterocycles. The molecule has 0 aliphatic carbocycles. The predicted octanol–water partition coefficient (Wildman–Crippen LogP) is 9.04. The van der Waals surface area contributed by atoms with Crippen LogP contribution in [0.5, 0.6) is 0 Å². The minimum Gasteiger partial charge on any atom is -0.395 e. The number of aliphatic hydroxyl groups excluding tert-OH is 3. The van der Waals surface area contributed by atoms with E-state index in [1.165, 1.54) is 114 Å². The normalized spacial score (nSPS) is 13.4. The van der Waals surface area contributed by atoms with E-state index in [-0.39, 0.29) is 25.7 Å². The van der Waals surface area contributed by atoms with E-state index in [9.17, 15) is 20.1 Å². The summed E-state index contributed by atoms with van der Waals surface area (Å²) < 4.78 is 0. The Labute approximate surface area is 254 Å². The van der Waals surface area contributed by atoms with Gasteiger partial charge in [0.15, 0.2) is 0 Å². The summed E-state index contributed by atoms with van der Waals surface area (Å²) >= 11 is 0. The molecule has 0 bridgehead atoms. The average molecular weight is 580 g/mol. The van der Waals surface area contributed by atoms with Crippen LogP contribution in [-0.4, -0.2) is 58.0 Å². The van der Waals surface area contributed by atoms with Gasteiger partial charge < -0.3 is 20.2 Å². The molecule has 0 rings (SSSR count). The number of rotatable bonds is 31. The summed E-state index contributed by atoms with van der Waals surface area (Å²) in [4.78, 5) is 14.4. The smallest absolute Gasteiger partial charge is 0.223 e. The van der Waals surface area contributed by atoms with E-state index in [4.69, 9.17) is 0 Å². The number of carbonyl (C=O) groups excluding carboxylic acids is 1. The zero-order valence-electron chi connectivity index (χ0n) is 27.3. The van der Waals surface area contributed by atoms with Crippen molar-refractivity contribution in [3.63, 3.8) is 0 Å². The van der Waals surface area contributed by atoms with Crippen molar-refractivity contribution >= 4 is 5.91 Å². The van der Waals surface area contributed by atoms with Gasteiger partial charge in [-0.15, -0.1) is 0 Å². The minimum absolute atomic E-state index is 0.0954. The van der Waals surface area contributed by atoms with Gasteiger partial charge in [-0.2, -0.15) is 0 Å². The first-order chi connectivity index (χ1) is 20.1. The van der Waals surface area contributed by atoms with Crippen molar-refractivity contribution in [1.82, 2.24) is 4.90 Å². The molecule has 0 fully saturated rings. The van der Waals surface area contributed by atoms with E-state index >= 15 is 0 Å². The van der Waals surface area contributed by atoms with E-state index in [1.54, 1.807) is 6.08 Å². The van der Waals surface area contributed by atoms with Crippen LogP contribution in [0, 0.1) is 0 Å². The van der Waals surface area contributed by atoms with Crippen molar-refractivity contribution in [2.75, 3.05) is 19.8 Å². The third kappa shape index (κ3) is 25.1. The largest absolute Gasteiger partial charge is 0.395 e. The van der Waals surface area contributed by atoms with Gasteiger partial charge in [0.05, 0.1) is 25.4 Å². The summed E-state index contributed by atoms with van der Waals surface area (Å²) in [7, 11) is 0. The van der Waals surface area contributed by atoms with Crippen LogP contribution in [0.3, 0.4) is 0 Å². The number of aliphatic hydroxyl groups is 3. The van der Waals surface area contributed by atoms with E-state index in [0.29, 0.717) is 6.42 Å². The number of hydrogen-bond acceptors (Lipinski definition) is 4. The molecule has 3 N–H and O–H groups in total. The molecule has 5 heteroatoms. The maximum atomic E-state index is 12.9. The summed E-state index contributed by atoms with van der Waals surface area (Å²) in [6, 6.07) is -0.722. The highest BCUT2D eigenvalue weighted by Gasteiger charge is 2.27. The summed E-state index contributed by atoms with van der Waals surface area (Å²) in [6.45, 7) is 4.14. The molecule has 1 unspecified atom stereocenters. The molecule has 0 spiro atoms. The van der Waals surface area contributed by atoms with Crippen molar-refractivity contribution in [2.45, 2.75) is 180 Å². The standard InChI is InChI=1S/C36H69NO4/c1-3-5-7-9-11-13-15-17-19-21-23-25-27-29-35(40)34(33-39)37(31-32-38)36(41)30-28-26-24-22-20-18-16-14-12-10-8-6-4-2/h19,21,27,29,34-35,38-40H,3-18,20,22-26,28,30-33H2,1-2H3/b21-19+,29-27+/t34?,35-/m1/s1. The highest BCUT2D eigenvalue weighted by molar-refractivity contribution is 5.76. The fourth-order valence-electron chi connectivity index (χ4n) is 5.42. The number of hydrogen-bond donors (Lipinski definition) is 3. The van der Waals surface area contributed by atoms with E-state index in [1.807, 2.05) is 6.08 Å². The molecular weight excluding hydrogens is 510 g/mol. The highest BCUT2D eigenvalue weighted by Crippen LogP contribution is 2.15. The van der Waals surface area contributed by atoms with Crippen molar-refractivity contribution < 1.29 is 20.1 Å². The second-order valence-corrected chi connectivity index (χ2v) is 11.9. The van der Waals surface area contributed by atoms with Gasteiger partial charge >= 0.3 is 0 Å². The summed E-state index contributed by atoms with van der Waals surface area (Å²) in [5.74, 6) is -0.0954. The van der Waals surface area contributed by atoms with E-state index in [2.05, 4.69) is 26.0 Å². The minimum atomic E-state index is -0.946. The molecular formula is C36H69NO4. The van der Waals surface area contributed by atoms with Crippen LogP contribution in [0.4, 0.5) is 0 Å². The first-order valence-electron chi connectivity index (χ1n) is 17.6. The third-order valence-corrected chi connectivity index (χ3v) is 8.11. The lowest BCUT2D eigenvalue weighted by Crippen LogP contribution is -2.49. The molecule has 0 aliphatic heterocycles. The summed E-state index contributed by atoms with van der Waals surface area (Å²) in [5.41, 5.74) is 0. The fourth-order valence-corrected chi connectivity index (χ4v) is 5.42. The predicted molar refractivity (Wildman–Crippen MR) is 176 cm³/mol. The Balaban J connectivity index is 4.11. The molecule has 0 aliphatic rings. The van der Waals surface area contributed by atoms with Gasteiger partial charge in [-0.3, -0.25) is 4.79 Å². The average Bonchev–Trinajstić information content (AvgIpc) is 2.97. The van der Waals surface area contributed by atoms with Crippen LogP contribution in [0.15, 0.2) is 24.3 Å². The van der Waals surface area contributed by atoms with Gasteiger partial charge in [0.25, 0.3) is 0 Å². The zero-order valence-corrected chi connectivity index (χ0v) is 27.3. The Hall–Kier alpha value is -1.17. The molecule has 1 amide bonds. The molecule has 0 saturated carbocycles. The summed E-state index contributed by atoms with van der Waals surface area (Å²) in [6.07, 6.45) is 36.0. The lowest BCUT2D eigenvalue weighted by atomic mass is 10.0. The van der Waals surface area contributed by atoms with Gasteiger partial charge in [-0.25, -0.2) is 0 Å².